The van der Waals surface area contributed by atoms with E-state index in [2.05, 4.69) is 4.90 Å². The quantitative estimate of drug-likeness (QED) is 0.858. The van der Waals surface area contributed by atoms with E-state index in [-0.39, 0.29) is 0 Å². The lowest BCUT2D eigenvalue weighted by atomic mass is 9.92. The number of aliphatic hydroxyl groups is 1. The van der Waals surface area contributed by atoms with Gasteiger partial charge in [0.2, 0.25) is 0 Å². The van der Waals surface area contributed by atoms with Crippen molar-refractivity contribution < 1.29 is 14.6 Å². The Morgan fingerprint density at radius 3 is 2.59 bits per heavy atom. The fourth-order valence-corrected chi connectivity index (χ4v) is 2.38. The van der Waals surface area contributed by atoms with Gasteiger partial charge in [0.1, 0.15) is 17.1 Å². The van der Waals surface area contributed by atoms with Crippen LogP contribution in [0.2, 0.25) is 0 Å². The molecule has 4 nitrogen and oxygen atoms in total. The lowest BCUT2D eigenvalue weighted by Crippen LogP contribution is -2.29. The first-order chi connectivity index (χ1) is 8.09. The molecule has 1 N–H and O–H groups in total. The molecule has 0 amide bonds. The SMILES string of the molecule is COc1ccc(OC)c(C2(O)CCN(C)C2)c1. The Labute approximate surface area is 102 Å². The first-order valence-electron chi connectivity index (χ1n) is 5.72. The van der Waals surface area contributed by atoms with E-state index in [9.17, 15) is 5.11 Å². The van der Waals surface area contributed by atoms with Crippen LogP contribution in [-0.4, -0.2) is 44.4 Å². The van der Waals surface area contributed by atoms with E-state index in [0.29, 0.717) is 18.7 Å². The first-order valence-corrected chi connectivity index (χ1v) is 5.72. The molecular weight excluding hydrogens is 218 g/mol. The molecule has 2 rings (SSSR count). The van der Waals surface area contributed by atoms with Crippen molar-refractivity contribution >= 4 is 0 Å². The second-order valence-corrected chi connectivity index (χ2v) is 4.59. The molecule has 1 aromatic rings. The number of ether oxygens (including phenoxy) is 2. The second-order valence-electron chi connectivity index (χ2n) is 4.59. The molecule has 17 heavy (non-hydrogen) atoms. The van der Waals surface area contributed by atoms with Crippen molar-refractivity contribution in [1.82, 2.24) is 4.90 Å². The zero-order valence-electron chi connectivity index (χ0n) is 10.6. The van der Waals surface area contributed by atoms with E-state index in [1.807, 2.05) is 25.2 Å². The van der Waals surface area contributed by atoms with Gasteiger partial charge in [-0.3, -0.25) is 0 Å². The number of likely N-dealkylation sites (N-methyl/N-ethyl adjacent to an activating group) is 1. The van der Waals surface area contributed by atoms with E-state index < -0.39 is 5.60 Å². The second kappa shape index (κ2) is 4.55. The Morgan fingerprint density at radius 2 is 2.06 bits per heavy atom. The summed E-state index contributed by atoms with van der Waals surface area (Å²) >= 11 is 0. The number of β-amino-alcohol motifs (C(OH)–C–C–N with tert-alkyl or cyclic N) is 1. The van der Waals surface area contributed by atoms with Gasteiger partial charge >= 0.3 is 0 Å². The maximum absolute atomic E-state index is 10.7. The monoisotopic (exact) mass is 237 g/mol. The smallest absolute Gasteiger partial charge is 0.125 e. The molecule has 1 atom stereocenters. The molecule has 1 saturated heterocycles. The number of methoxy groups -OCH3 is 2. The fraction of sp³-hybridized carbons (Fsp3) is 0.538. The Kier molecular flexibility index (Phi) is 3.26. The number of hydrogen-bond donors (Lipinski definition) is 1. The van der Waals surface area contributed by atoms with Gasteiger partial charge in [-0.15, -0.1) is 0 Å². The molecule has 0 bridgehead atoms. The molecule has 1 unspecified atom stereocenters. The Bertz CT molecular complexity index is 408. The summed E-state index contributed by atoms with van der Waals surface area (Å²) in [6, 6.07) is 5.53. The molecule has 0 spiro atoms. The van der Waals surface area contributed by atoms with Crippen LogP contribution in [0.4, 0.5) is 0 Å². The number of likely N-dealkylation sites (tertiary alicyclic amines) is 1. The molecule has 4 heteroatoms. The van der Waals surface area contributed by atoms with Crippen LogP contribution in [0.3, 0.4) is 0 Å². The summed E-state index contributed by atoms with van der Waals surface area (Å²) in [5, 5.41) is 10.7. The standard InChI is InChI=1S/C13H19NO3/c1-14-7-6-13(15,9-14)11-8-10(16-2)4-5-12(11)17-3/h4-5,8,15H,6-7,9H2,1-3H3. The number of benzene rings is 1. The van der Waals surface area contributed by atoms with Crippen LogP contribution in [0.15, 0.2) is 18.2 Å². The lowest BCUT2D eigenvalue weighted by Gasteiger charge is -2.25. The molecule has 1 fully saturated rings. The van der Waals surface area contributed by atoms with Gasteiger partial charge in [-0.1, -0.05) is 0 Å². The Balaban J connectivity index is 2.41. The van der Waals surface area contributed by atoms with E-state index in [0.717, 1.165) is 17.9 Å². The van der Waals surface area contributed by atoms with Crippen LogP contribution in [-0.2, 0) is 5.60 Å². The summed E-state index contributed by atoms with van der Waals surface area (Å²) in [5.41, 5.74) is -0.0297. The summed E-state index contributed by atoms with van der Waals surface area (Å²) < 4.78 is 10.5. The third kappa shape index (κ3) is 2.23. The molecule has 1 aliphatic heterocycles. The highest BCUT2D eigenvalue weighted by Gasteiger charge is 2.38. The van der Waals surface area contributed by atoms with Crippen LogP contribution in [0.5, 0.6) is 11.5 Å². The van der Waals surface area contributed by atoms with Gasteiger partial charge in [-0.25, -0.2) is 0 Å². The van der Waals surface area contributed by atoms with Crippen LogP contribution >= 0.6 is 0 Å². The normalized spacial score (nSPS) is 24.9. The molecule has 0 aliphatic carbocycles. The molecule has 0 saturated carbocycles. The van der Waals surface area contributed by atoms with E-state index in [1.54, 1.807) is 14.2 Å². The number of hydrogen-bond acceptors (Lipinski definition) is 4. The fourth-order valence-electron chi connectivity index (χ4n) is 2.38. The van der Waals surface area contributed by atoms with E-state index in [1.165, 1.54) is 0 Å². The first kappa shape index (κ1) is 12.2. The van der Waals surface area contributed by atoms with Crippen LogP contribution in [0.1, 0.15) is 12.0 Å². The summed E-state index contributed by atoms with van der Waals surface area (Å²) in [6.07, 6.45) is 0.715. The highest BCUT2D eigenvalue weighted by molar-refractivity contribution is 5.44. The third-order valence-corrected chi connectivity index (χ3v) is 3.35. The summed E-state index contributed by atoms with van der Waals surface area (Å²) in [6.45, 7) is 1.51. The number of nitrogens with zero attached hydrogens (tertiary/aromatic N) is 1. The van der Waals surface area contributed by atoms with E-state index >= 15 is 0 Å². The van der Waals surface area contributed by atoms with Crippen molar-refractivity contribution in [1.29, 1.82) is 0 Å². The van der Waals surface area contributed by atoms with Crippen molar-refractivity contribution in [3.63, 3.8) is 0 Å². The molecule has 0 radical (unpaired) electrons. The number of rotatable bonds is 3. The topological polar surface area (TPSA) is 41.9 Å². The Morgan fingerprint density at radius 1 is 1.29 bits per heavy atom. The Hall–Kier alpha value is -1.26. The molecule has 1 aliphatic rings. The lowest BCUT2D eigenvalue weighted by molar-refractivity contribution is 0.0461. The van der Waals surface area contributed by atoms with Crippen LogP contribution in [0.25, 0.3) is 0 Å². The van der Waals surface area contributed by atoms with Crippen molar-refractivity contribution in [3.8, 4) is 11.5 Å². The zero-order chi connectivity index (χ0) is 12.5. The van der Waals surface area contributed by atoms with Gasteiger partial charge in [-0.2, -0.15) is 0 Å². The van der Waals surface area contributed by atoms with Gasteiger partial charge in [0, 0.05) is 18.7 Å². The van der Waals surface area contributed by atoms with Gasteiger partial charge in [0.25, 0.3) is 0 Å². The third-order valence-electron chi connectivity index (χ3n) is 3.35. The maximum atomic E-state index is 10.7. The van der Waals surface area contributed by atoms with Gasteiger partial charge < -0.3 is 19.5 Å². The minimum atomic E-state index is -0.839. The van der Waals surface area contributed by atoms with Crippen molar-refractivity contribution in [3.05, 3.63) is 23.8 Å². The van der Waals surface area contributed by atoms with Crippen molar-refractivity contribution in [2.45, 2.75) is 12.0 Å². The summed E-state index contributed by atoms with van der Waals surface area (Å²) in [7, 11) is 5.24. The molecular formula is C13H19NO3. The largest absolute Gasteiger partial charge is 0.497 e. The predicted octanol–water partition coefficient (Wildman–Crippen LogP) is 1.23. The summed E-state index contributed by atoms with van der Waals surface area (Å²) in [5.74, 6) is 1.45. The minimum Gasteiger partial charge on any atom is -0.497 e. The minimum absolute atomic E-state index is 0.622. The van der Waals surface area contributed by atoms with Crippen molar-refractivity contribution in [2.24, 2.45) is 0 Å². The van der Waals surface area contributed by atoms with Crippen molar-refractivity contribution in [2.75, 3.05) is 34.4 Å². The van der Waals surface area contributed by atoms with Crippen LogP contribution in [0, 0.1) is 0 Å². The zero-order valence-corrected chi connectivity index (χ0v) is 10.6. The van der Waals surface area contributed by atoms with E-state index in [4.69, 9.17) is 9.47 Å². The van der Waals surface area contributed by atoms with Crippen LogP contribution < -0.4 is 9.47 Å². The van der Waals surface area contributed by atoms with Gasteiger partial charge in [0.05, 0.1) is 14.2 Å². The molecule has 1 heterocycles. The molecule has 0 aromatic heterocycles. The summed E-state index contributed by atoms with van der Waals surface area (Å²) in [4.78, 5) is 2.11. The average Bonchev–Trinajstić information content (AvgIpc) is 2.69. The molecule has 94 valence electrons. The predicted molar refractivity (Wildman–Crippen MR) is 65.6 cm³/mol. The highest BCUT2D eigenvalue weighted by Crippen LogP contribution is 2.38. The highest BCUT2D eigenvalue weighted by atomic mass is 16.5. The average molecular weight is 237 g/mol. The van der Waals surface area contributed by atoms with Gasteiger partial charge in [0.15, 0.2) is 0 Å². The maximum Gasteiger partial charge on any atom is 0.125 e. The van der Waals surface area contributed by atoms with Gasteiger partial charge in [-0.05, 0) is 31.7 Å². The molecule has 1 aromatic carbocycles.